The molecule has 0 unspecified atom stereocenters. The van der Waals surface area contributed by atoms with Gasteiger partial charge >= 0.3 is 12.0 Å². The van der Waals surface area contributed by atoms with Crippen molar-refractivity contribution in [3.63, 3.8) is 0 Å². The Balaban J connectivity index is 1.60. The molecule has 2 fully saturated rings. The molecule has 1 aromatic carbocycles. The Morgan fingerprint density at radius 2 is 1.73 bits per heavy atom. The number of benzene rings is 1. The van der Waals surface area contributed by atoms with Crippen molar-refractivity contribution in [3.05, 3.63) is 35.9 Å². The van der Waals surface area contributed by atoms with Crippen LogP contribution in [0, 0.1) is 5.92 Å². The van der Waals surface area contributed by atoms with Crippen LogP contribution < -0.4 is 5.43 Å². The number of carbonyl (C=O) groups excluding carboxylic acids is 2. The van der Waals surface area contributed by atoms with Gasteiger partial charge in [-0.15, -0.1) is 0 Å². The highest BCUT2D eigenvalue weighted by Gasteiger charge is 2.45. The first-order valence-corrected chi connectivity index (χ1v) is 12.3. The molecular weight excluding hydrogens is 422 g/mol. The van der Waals surface area contributed by atoms with E-state index in [1.165, 1.54) is 16.3 Å². The molecule has 2 aliphatic rings. The van der Waals surface area contributed by atoms with E-state index in [1.807, 2.05) is 30.3 Å². The summed E-state index contributed by atoms with van der Waals surface area (Å²) in [5.74, 6) is -0.795. The molecule has 3 amide bonds. The zero-order valence-corrected chi connectivity index (χ0v) is 19.3. The van der Waals surface area contributed by atoms with E-state index in [0.29, 0.717) is 12.8 Å². The third-order valence-corrected chi connectivity index (χ3v) is 6.77. The first-order chi connectivity index (χ1) is 16.0. The number of carboxylic acid groups (broad SMARTS) is 1. The predicted octanol–water partition coefficient (Wildman–Crippen LogP) is 3.69. The van der Waals surface area contributed by atoms with Crippen LogP contribution in [0.4, 0.5) is 4.79 Å². The summed E-state index contributed by atoms with van der Waals surface area (Å²) in [7, 11) is 0. The lowest BCUT2D eigenvalue weighted by Crippen LogP contribution is -2.49. The Morgan fingerprint density at radius 1 is 1.03 bits per heavy atom. The van der Waals surface area contributed by atoms with Gasteiger partial charge in [-0.2, -0.15) is 0 Å². The molecule has 1 aromatic rings. The fraction of sp³-hybridized carbons (Fsp3) is 0.640. The highest BCUT2D eigenvalue weighted by Crippen LogP contribution is 2.27. The lowest BCUT2D eigenvalue weighted by molar-refractivity contribution is -0.137. The lowest BCUT2D eigenvalue weighted by atomic mass is 9.85. The summed E-state index contributed by atoms with van der Waals surface area (Å²) in [4.78, 5) is 38.3. The molecule has 1 aliphatic carbocycles. The van der Waals surface area contributed by atoms with Crippen molar-refractivity contribution in [3.8, 4) is 0 Å². The molecule has 182 valence electrons. The minimum Gasteiger partial charge on any atom is -0.481 e. The number of urea groups is 1. The van der Waals surface area contributed by atoms with Crippen molar-refractivity contribution in [2.75, 3.05) is 6.54 Å². The zero-order chi connectivity index (χ0) is 23.6. The summed E-state index contributed by atoms with van der Waals surface area (Å²) in [5.41, 5.74) is 3.97. The maximum atomic E-state index is 13.2. The molecule has 0 aromatic heterocycles. The van der Waals surface area contributed by atoms with Crippen LogP contribution in [0.2, 0.25) is 0 Å². The first kappa shape index (κ1) is 25.2. The van der Waals surface area contributed by atoms with E-state index in [1.54, 1.807) is 0 Å². The topological polar surface area (TPSA) is 110 Å². The lowest BCUT2D eigenvalue weighted by Gasteiger charge is -2.29. The minimum absolute atomic E-state index is 0.151. The smallest absolute Gasteiger partial charge is 0.342 e. The van der Waals surface area contributed by atoms with Gasteiger partial charge in [0, 0.05) is 13.0 Å². The molecule has 0 spiro atoms. The Bertz CT molecular complexity index is 782. The van der Waals surface area contributed by atoms with Crippen LogP contribution in [0.5, 0.6) is 0 Å². The van der Waals surface area contributed by atoms with E-state index >= 15 is 0 Å². The third-order valence-electron chi connectivity index (χ3n) is 6.77. The molecule has 8 nitrogen and oxygen atoms in total. The number of amides is 3. The van der Waals surface area contributed by atoms with Gasteiger partial charge < -0.3 is 10.2 Å². The second kappa shape index (κ2) is 12.7. The fourth-order valence-corrected chi connectivity index (χ4v) is 4.83. The molecule has 3 N–H and O–H groups in total. The molecule has 0 radical (unpaired) electrons. The van der Waals surface area contributed by atoms with Crippen LogP contribution in [0.1, 0.15) is 76.2 Å². The summed E-state index contributed by atoms with van der Waals surface area (Å²) >= 11 is 0. The summed E-state index contributed by atoms with van der Waals surface area (Å²) in [5, 5.41) is 20.8. The number of hydrogen-bond acceptors (Lipinski definition) is 5. The van der Waals surface area contributed by atoms with Crippen LogP contribution in [0.15, 0.2) is 30.3 Å². The molecule has 0 bridgehead atoms. The van der Waals surface area contributed by atoms with E-state index in [-0.39, 0.29) is 37.4 Å². The van der Waals surface area contributed by atoms with E-state index in [9.17, 15) is 19.5 Å². The van der Waals surface area contributed by atoms with Crippen molar-refractivity contribution in [2.45, 2.75) is 89.3 Å². The molecule has 1 saturated heterocycles. The van der Waals surface area contributed by atoms with Crippen molar-refractivity contribution in [1.29, 1.82) is 0 Å². The van der Waals surface area contributed by atoms with Gasteiger partial charge in [-0.3, -0.25) is 14.5 Å². The highest BCUT2D eigenvalue weighted by atomic mass is 16.4. The normalized spacial score (nSPS) is 20.5. The molecule has 1 heterocycles. The molecule has 1 aliphatic heterocycles. The summed E-state index contributed by atoms with van der Waals surface area (Å²) in [6.07, 6.45) is 8.49. The second-order valence-corrected chi connectivity index (χ2v) is 9.25. The van der Waals surface area contributed by atoms with Gasteiger partial charge in [0.05, 0.1) is 12.6 Å². The number of hydrazine groups is 1. The highest BCUT2D eigenvalue weighted by molar-refractivity contribution is 6.03. The zero-order valence-electron chi connectivity index (χ0n) is 19.3. The van der Waals surface area contributed by atoms with Crippen molar-refractivity contribution < 1.29 is 24.6 Å². The molecule has 1 saturated carbocycles. The molecule has 3 rings (SSSR count). The van der Waals surface area contributed by atoms with Gasteiger partial charge in [0.15, 0.2) is 0 Å². The fourth-order valence-electron chi connectivity index (χ4n) is 4.83. The standard InChI is InChI=1S/C25H37N3O5/c29-22(20-13-7-4-8-14-20)17-26-28-21(15-9-1-2-10-16-23(30)31)24(32)27(25(28)33)18-19-11-5-3-6-12-19/h3,5-6,11-12,20-22,26,29H,1-2,4,7-10,13-18H2,(H,30,31)/t21-,22-/m1/s1. The second-order valence-electron chi connectivity index (χ2n) is 9.25. The number of aliphatic carboxylic acids is 1. The summed E-state index contributed by atoms with van der Waals surface area (Å²) in [6, 6.07) is 8.44. The van der Waals surface area contributed by atoms with E-state index in [2.05, 4.69) is 5.43 Å². The summed E-state index contributed by atoms with van der Waals surface area (Å²) in [6.45, 7) is 0.467. The average molecular weight is 460 g/mol. The van der Waals surface area contributed by atoms with Gasteiger partial charge in [0.1, 0.15) is 6.04 Å². The number of rotatable bonds is 13. The molecular formula is C25H37N3O5. The monoisotopic (exact) mass is 459 g/mol. The van der Waals surface area contributed by atoms with Crippen molar-refractivity contribution in [2.24, 2.45) is 5.92 Å². The maximum absolute atomic E-state index is 13.2. The van der Waals surface area contributed by atoms with Gasteiger partial charge in [0.25, 0.3) is 5.91 Å². The maximum Gasteiger partial charge on any atom is 0.342 e. The SMILES string of the molecule is O=C(O)CCCCCC[C@@H]1C(=O)N(Cc2ccccc2)C(=O)N1NC[C@@H](O)C1CCCCC1. The largest absolute Gasteiger partial charge is 0.481 e. The number of aliphatic hydroxyl groups is 1. The number of carbonyl (C=O) groups is 3. The van der Waals surface area contributed by atoms with Gasteiger partial charge in [0.2, 0.25) is 0 Å². The molecule has 33 heavy (non-hydrogen) atoms. The van der Waals surface area contributed by atoms with Gasteiger partial charge in [-0.1, -0.05) is 68.9 Å². The van der Waals surface area contributed by atoms with E-state index in [0.717, 1.165) is 50.5 Å². The Morgan fingerprint density at radius 3 is 2.42 bits per heavy atom. The number of hydrogen-bond donors (Lipinski definition) is 3. The Kier molecular flexibility index (Phi) is 9.69. The van der Waals surface area contributed by atoms with Crippen LogP contribution in [0.25, 0.3) is 0 Å². The Labute approximate surface area is 195 Å². The predicted molar refractivity (Wildman–Crippen MR) is 124 cm³/mol. The van der Waals surface area contributed by atoms with Crippen LogP contribution in [0.3, 0.4) is 0 Å². The minimum atomic E-state index is -0.796. The molecule has 2 atom stereocenters. The quantitative estimate of drug-likeness (QED) is 0.307. The number of aliphatic hydroxyl groups excluding tert-OH is 1. The van der Waals surface area contributed by atoms with Crippen molar-refractivity contribution in [1.82, 2.24) is 15.3 Å². The van der Waals surface area contributed by atoms with E-state index < -0.39 is 18.1 Å². The number of imide groups is 1. The van der Waals surface area contributed by atoms with E-state index in [4.69, 9.17) is 5.11 Å². The average Bonchev–Trinajstić information content (AvgIpc) is 3.04. The number of carboxylic acids is 1. The van der Waals surface area contributed by atoms with Crippen LogP contribution >= 0.6 is 0 Å². The number of nitrogens with one attached hydrogen (secondary N) is 1. The van der Waals surface area contributed by atoms with Gasteiger partial charge in [-0.25, -0.2) is 15.2 Å². The number of nitrogens with zero attached hydrogens (tertiary/aromatic N) is 2. The molecule has 8 heteroatoms. The third kappa shape index (κ3) is 7.27. The Hall–Kier alpha value is -2.45. The van der Waals surface area contributed by atoms with Gasteiger partial charge in [-0.05, 0) is 37.2 Å². The first-order valence-electron chi connectivity index (χ1n) is 12.3. The number of unbranched alkanes of at least 4 members (excludes halogenated alkanes) is 3. The van der Waals surface area contributed by atoms with Crippen molar-refractivity contribution >= 4 is 17.9 Å². The van der Waals surface area contributed by atoms with Crippen LogP contribution in [-0.4, -0.2) is 56.7 Å². The summed E-state index contributed by atoms with van der Waals surface area (Å²) < 4.78 is 0. The van der Waals surface area contributed by atoms with Crippen LogP contribution in [-0.2, 0) is 16.1 Å².